The molecule has 138 valence electrons. The highest BCUT2D eigenvalue weighted by Gasteiger charge is 2.07. The zero-order valence-electron chi connectivity index (χ0n) is 15.3. The van der Waals surface area contributed by atoms with Crippen LogP contribution in [0.4, 0.5) is 5.69 Å². The number of ether oxygens (including phenoxy) is 1. The van der Waals surface area contributed by atoms with E-state index in [9.17, 15) is 4.79 Å². The monoisotopic (exact) mass is 361 g/mol. The molecule has 2 aromatic carbocycles. The molecule has 1 heterocycles. The summed E-state index contributed by atoms with van der Waals surface area (Å²) in [6, 6.07) is 21.6. The molecule has 3 rings (SSSR count). The van der Waals surface area contributed by atoms with Crippen molar-refractivity contribution in [3.63, 3.8) is 0 Å². The highest BCUT2D eigenvalue weighted by atomic mass is 16.5. The number of nitrogens with zero attached hydrogens (tertiary/aromatic N) is 1. The van der Waals surface area contributed by atoms with Gasteiger partial charge >= 0.3 is 0 Å². The lowest BCUT2D eigenvalue weighted by Crippen LogP contribution is -2.26. The van der Waals surface area contributed by atoms with Gasteiger partial charge in [-0.2, -0.15) is 0 Å². The van der Waals surface area contributed by atoms with Gasteiger partial charge < -0.3 is 15.4 Å². The summed E-state index contributed by atoms with van der Waals surface area (Å²) in [4.78, 5) is 16.5. The maximum Gasteiger partial charge on any atom is 0.269 e. The molecule has 0 aliphatic heterocycles. The highest BCUT2D eigenvalue weighted by Crippen LogP contribution is 2.12. The van der Waals surface area contributed by atoms with Crippen molar-refractivity contribution in [2.24, 2.45) is 0 Å². The van der Waals surface area contributed by atoms with E-state index in [0.29, 0.717) is 18.8 Å². The van der Waals surface area contributed by atoms with Crippen LogP contribution in [0.5, 0.6) is 5.75 Å². The minimum atomic E-state index is -0.174. The fourth-order valence-electron chi connectivity index (χ4n) is 2.67. The van der Waals surface area contributed by atoms with Gasteiger partial charge in [0.1, 0.15) is 11.4 Å². The first-order valence-electron chi connectivity index (χ1n) is 8.89. The molecule has 0 unspecified atom stereocenters. The van der Waals surface area contributed by atoms with E-state index in [0.717, 1.165) is 23.4 Å². The van der Waals surface area contributed by atoms with Crippen molar-refractivity contribution < 1.29 is 9.53 Å². The summed E-state index contributed by atoms with van der Waals surface area (Å²) in [6.07, 6.45) is 2.40. The van der Waals surface area contributed by atoms with Crippen LogP contribution in [0.2, 0.25) is 0 Å². The normalized spacial score (nSPS) is 10.3. The molecule has 3 aromatic rings. The van der Waals surface area contributed by atoms with Crippen LogP contribution < -0.4 is 15.4 Å². The quantitative estimate of drug-likeness (QED) is 0.642. The Bertz CT molecular complexity index is 864. The van der Waals surface area contributed by atoms with Crippen molar-refractivity contribution >= 4 is 11.6 Å². The topological polar surface area (TPSA) is 63.2 Å². The number of hydrogen-bond donors (Lipinski definition) is 2. The van der Waals surface area contributed by atoms with Crippen LogP contribution in [0, 0.1) is 0 Å². The molecule has 0 radical (unpaired) electrons. The van der Waals surface area contributed by atoms with Crippen LogP contribution in [-0.2, 0) is 13.0 Å². The molecule has 0 spiro atoms. The summed E-state index contributed by atoms with van der Waals surface area (Å²) in [5, 5.41) is 6.23. The molecular weight excluding hydrogens is 338 g/mol. The van der Waals surface area contributed by atoms with Crippen LogP contribution in [0.15, 0.2) is 72.9 Å². The van der Waals surface area contributed by atoms with Crippen LogP contribution in [0.1, 0.15) is 21.6 Å². The molecule has 5 nitrogen and oxygen atoms in total. The lowest BCUT2D eigenvalue weighted by atomic mass is 10.1. The number of pyridine rings is 1. The van der Waals surface area contributed by atoms with Gasteiger partial charge in [-0.1, -0.05) is 42.5 Å². The molecule has 1 amide bonds. The number of methoxy groups -OCH3 is 1. The van der Waals surface area contributed by atoms with E-state index in [1.54, 1.807) is 19.4 Å². The minimum absolute atomic E-state index is 0.174. The number of hydrogen-bond acceptors (Lipinski definition) is 4. The van der Waals surface area contributed by atoms with Gasteiger partial charge in [-0.15, -0.1) is 0 Å². The lowest BCUT2D eigenvalue weighted by Gasteiger charge is -2.09. The standard InChI is InChI=1S/C22H23N3O2/c1-27-20-9-7-17(8-10-20)11-13-24-22(26)21-15-19(12-14-23-21)25-16-18-5-3-2-4-6-18/h2-10,12,14-15H,11,13,16H2,1H3,(H,23,25)(H,24,26). The number of aromatic nitrogens is 1. The van der Waals surface area contributed by atoms with Gasteiger partial charge in [-0.3, -0.25) is 9.78 Å². The van der Waals surface area contributed by atoms with Gasteiger partial charge in [0.25, 0.3) is 5.91 Å². The Labute approximate surface area is 159 Å². The van der Waals surface area contributed by atoms with Crippen molar-refractivity contribution in [3.05, 3.63) is 89.7 Å². The molecule has 5 heteroatoms. The maximum atomic E-state index is 12.3. The first-order valence-corrected chi connectivity index (χ1v) is 8.89. The first kappa shape index (κ1) is 18.5. The predicted molar refractivity (Wildman–Crippen MR) is 107 cm³/mol. The van der Waals surface area contributed by atoms with Crippen LogP contribution >= 0.6 is 0 Å². The average Bonchev–Trinajstić information content (AvgIpc) is 2.73. The van der Waals surface area contributed by atoms with E-state index < -0.39 is 0 Å². The summed E-state index contributed by atoms with van der Waals surface area (Å²) in [7, 11) is 1.64. The van der Waals surface area contributed by atoms with E-state index in [1.807, 2.05) is 48.5 Å². The largest absolute Gasteiger partial charge is 0.497 e. The van der Waals surface area contributed by atoms with Gasteiger partial charge in [0, 0.05) is 25.0 Å². The highest BCUT2D eigenvalue weighted by molar-refractivity contribution is 5.93. The summed E-state index contributed by atoms with van der Waals surface area (Å²) in [5.41, 5.74) is 3.60. The third-order valence-electron chi connectivity index (χ3n) is 4.19. The van der Waals surface area contributed by atoms with Crippen LogP contribution in [0.3, 0.4) is 0 Å². The minimum Gasteiger partial charge on any atom is -0.497 e. The van der Waals surface area contributed by atoms with Crippen molar-refractivity contribution in [1.82, 2.24) is 10.3 Å². The lowest BCUT2D eigenvalue weighted by molar-refractivity contribution is 0.0949. The molecule has 27 heavy (non-hydrogen) atoms. The van der Waals surface area contributed by atoms with Gasteiger partial charge in [0.15, 0.2) is 0 Å². The molecule has 0 bridgehead atoms. The molecule has 0 atom stereocenters. The van der Waals surface area contributed by atoms with Crippen molar-refractivity contribution in [1.29, 1.82) is 0 Å². The number of rotatable bonds is 8. The Morgan fingerprint density at radius 1 is 1.00 bits per heavy atom. The molecule has 0 aliphatic rings. The average molecular weight is 361 g/mol. The second-order valence-electron chi connectivity index (χ2n) is 6.12. The Hall–Kier alpha value is -3.34. The molecular formula is C22H23N3O2. The van der Waals surface area contributed by atoms with Gasteiger partial charge in [0.2, 0.25) is 0 Å². The van der Waals surface area contributed by atoms with Gasteiger partial charge in [0.05, 0.1) is 7.11 Å². The SMILES string of the molecule is COc1ccc(CCNC(=O)c2cc(NCc3ccccc3)ccn2)cc1. The zero-order valence-corrected chi connectivity index (χ0v) is 15.3. The molecule has 0 saturated carbocycles. The molecule has 0 saturated heterocycles. The van der Waals surface area contributed by atoms with Crippen molar-refractivity contribution in [2.45, 2.75) is 13.0 Å². The van der Waals surface area contributed by atoms with Crippen molar-refractivity contribution in [2.75, 3.05) is 19.0 Å². The second kappa shape index (κ2) is 9.38. The third-order valence-corrected chi connectivity index (χ3v) is 4.19. The molecule has 2 N–H and O–H groups in total. The smallest absolute Gasteiger partial charge is 0.269 e. The molecule has 0 fully saturated rings. The molecule has 0 aliphatic carbocycles. The van der Waals surface area contributed by atoms with Crippen LogP contribution in [0.25, 0.3) is 0 Å². The van der Waals surface area contributed by atoms with Crippen LogP contribution in [-0.4, -0.2) is 24.5 Å². The third kappa shape index (κ3) is 5.57. The van der Waals surface area contributed by atoms with E-state index in [4.69, 9.17) is 4.74 Å². The van der Waals surface area contributed by atoms with Gasteiger partial charge in [-0.25, -0.2) is 0 Å². The predicted octanol–water partition coefficient (Wildman–Crippen LogP) is 3.67. The number of anilines is 1. The maximum absolute atomic E-state index is 12.3. The Morgan fingerprint density at radius 2 is 1.78 bits per heavy atom. The number of carbonyl (C=O) groups is 1. The fourth-order valence-corrected chi connectivity index (χ4v) is 2.67. The Balaban J connectivity index is 1.50. The summed E-state index contributed by atoms with van der Waals surface area (Å²) in [6.45, 7) is 1.25. The van der Waals surface area contributed by atoms with E-state index in [1.165, 1.54) is 5.56 Å². The number of nitrogens with one attached hydrogen (secondary N) is 2. The first-order chi connectivity index (χ1) is 13.2. The van der Waals surface area contributed by atoms with E-state index >= 15 is 0 Å². The summed E-state index contributed by atoms with van der Waals surface area (Å²) in [5.74, 6) is 0.652. The zero-order chi connectivity index (χ0) is 18.9. The number of carbonyl (C=O) groups excluding carboxylic acids is 1. The summed E-state index contributed by atoms with van der Waals surface area (Å²) < 4.78 is 5.15. The fraction of sp³-hybridized carbons (Fsp3) is 0.182. The number of benzene rings is 2. The molecule has 1 aromatic heterocycles. The number of amides is 1. The second-order valence-corrected chi connectivity index (χ2v) is 6.12. The van der Waals surface area contributed by atoms with E-state index in [2.05, 4.69) is 27.8 Å². The summed E-state index contributed by atoms with van der Waals surface area (Å²) >= 11 is 0. The Kier molecular flexibility index (Phi) is 6.41. The van der Waals surface area contributed by atoms with Gasteiger partial charge in [-0.05, 0) is 41.8 Å². The Morgan fingerprint density at radius 3 is 2.52 bits per heavy atom. The van der Waals surface area contributed by atoms with Crippen molar-refractivity contribution in [3.8, 4) is 5.75 Å². The van der Waals surface area contributed by atoms with E-state index in [-0.39, 0.29) is 5.91 Å².